The van der Waals surface area contributed by atoms with Crippen LogP contribution < -0.4 is 0 Å². The Hall–Kier alpha value is -1.43. The Labute approximate surface area is 106 Å². The Morgan fingerprint density at radius 3 is 2.78 bits per heavy atom. The third-order valence-electron chi connectivity index (χ3n) is 2.32. The highest BCUT2D eigenvalue weighted by Crippen LogP contribution is 2.13. The smallest absolute Gasteiger partial charge is 0.260 e. The zero-order chi connectivity index (χ0) is 13.6. The van der Waals surface area contributed by atoms with Gasteiger partial charge in [0.1, 0.15) is 5.82 Å². The van der Waals surface area contributed by atoms with Gasteiger partial charge in [0.15, 0.2) is 5.03 Å². The van der Waals surface area contributed by atoms with Crippen LogP contribution in [0.1, 0.15) is 12.2 Å². The Bertz CT molecular complexity index is 517. The van der Waals surface area contributed by atoms with E-state index in [4.69, 9.17) is 10.00 Å². The zero-order valence-corrected chi connectivity index (χ0v) is 11.2. The van der Waals surface area contributed by atoms with E-state index < -0.39 is 10.0 Å². The Morgan fingerprint density at radius 1 is 1.56 bits per heavy atom. The molecule has 0 spiro atoms. The molecule has 0 aliphatic rings. The summed E-state index contributed by atoms with van der Waals surface area (Å²) in [6.45, 7) is 2.30. The molecule has 0 radical (unpaired) electrons. The van der Waals surface area contributed by atoms with Gasteiger partial charge in [-0.05, 0) is 6.92 Å². The molecule has 1 rings (SSSR count). The summed E-state index contributed by atoms with van der Waals surface area (Å²) in [6, 6.07) is 1.93. The molecule has 0 fully saturated rings. The Kier molecular flexibility index (Phi) is 5.27. The molecule has 0 aromatic carbocycles. The molecule has 0 saturated heterocycles. The fourth-order valence-corrected chi connectivity index (χ4v) is 2.78. The number of H-pyrrole nitrogens is 1. The van der Waals surface area contributed by atoms with Gasteiger partial charge in [-0.1, -0.05) is 0 Å². The summed E-state index contributed by atoms with van der Waals surface area (Å²) in [5.74, 6) is 0.528. The van der Waals surface area contributed by atoms with E-state index in [1.54, 1.807) is 6.92 Å². The van der Waals surface area contributed by atoms with Crippen molar-refractivity contribution in [2.75, 3.05) is 26.8 Å². The molecule has 1 N–H and O–H groups in total. The van der Waals surface area contributed by atoms with Crippen LogP contribution in [0.2, 0.25) is 0 Å². The quantitative estimate of drug-likeness (QED) is 0.768. The summed E-state index contributed by atoms with van der Waals surface area (Å²) in [6.07, 6.45) is 1.41. The molecule has 1 aromatic heterocycles. The SMILES string of the molecule is COCCN(CCC#N)S(=O)(=O)c1cnc(C)[nH]1. The number of aromatic nitrogens is 2. The number of hydrogen-bond acceptors (Lipinski definition) is 5. The van der Waals surface area contributed by atoms with Crippen molar-refractivity contribution >= 4 is 10.0 Å². The van der Waals surface area contributed by atoms with Gasteiger partial charge in [0.2, 0.25) is 0 Å². The van der Waals surface area contributed by atoms with E-state index in [2.05, 4.69) is 9.97 Å². The molecule has 0 unspecified atom stereocenters. The number of nitriles is 1. The monoisotopic (exact) mass is 272 g/mol. The maximum atomic E-state index is 12.2. The highest BCUT2D eigenvalue weighted by atomic mass is 32.2. The van der Waals surface area contributed by atoms with E-state index in [1.165, 1.54) is 17.6 Å². The van der Waals surface area contributed by atoms with Crippen molar-refractivity contribution in [1.82, 2.24) is 14.3 Å². The number of aryl methyl sites for hydroxylation is 1. The second kappa shape index (κ2) is 6.49. The predicted octanol–water partition coefficient (Wildman–Crippen LogP) is 0.269. The molecule has 1 heterocycles. The van der Waals surface area contributed by atoms with Crippen LogP contribution in [0, 0.1) is 18.3 Å². The average molecular weight is 272 g/mol. The average Bonchev–Trinajstić information content (AvgIpc) is 2.76. The molecular weight excluding hydrogens is 256 g/mol. The second-order valence-electron chi connectivity index (χ2n) is 3.64. The van der Waals surface area contributed by atoms with Gasteiger partial charge in [0.25, 0.3) is 10.0 Å². The number of hydrogen-bond donors (Lipinski definition) is 1. The van der Waals surface area contributed by atoms with Crippen LogP contribution in [0.25, 0.3) is 0 Å². The standard InChI is InChI=1S/C10H16N4O3S/c1-9-12-8-10(13-9)18(15,16)14(5-3-4-11)6-7-17-2/h8H,3,5-7H2,1-2H3,(H,12,13). The molecule has 8 heteroatoms. The number of nitrogens with zero attached hydrogens (tertiary/aromatic N) is 3. The van der Waals surface area contributed by atoms with Crippen LogP contribution >= 0.6 is 0 Å². The largest absolute Gasteiger partial charge is 0.383 e. The van der Waals surface area contributed by atoms with Crippen LogP contribution in [0.3, 0.4) is 0 Å². The minimum absolute atomic E-state index is 0.0362. The summed E-state index contributed by atoms with van der Waals surface area (Å²) in [4.78, 5) is 6.55. The van der Waals surface area contributed by atoms with Crippen molar-refractivity contribution in [2.45, 2.75) is 18.4 Å². The van der Waals surface area contributed by atoms with Gasteiger partial charge in [0.05, 0.1) is 18.9 Å². The lowest BCUT2D eigenvalue weighted by atomic mass is 10.4. The van der Waals surface area contributed by atoms with Gasteiger partial charge in [0, 0.05) is 26.6 Å². The molecule has 0 aliphatic heterocycles. The highest BCUT2D eigenvalue weighted by molar-refractivity contribution is 7.89. The number of sulfonamides is 1. The van der Waals surface area contributed by atoms with E-state index in [-0.39, 0.29) is 31.1 Å². The first-order valence-electron chi connectivity index (χ1n) is 5.40. The maximum Gasteiger partial charge on any atom is 0.260 e. The van der Waals surface area contributed by atoms with Crippen molar-refractivity contribution in [2.24, 2.45) is 0 Å². The summed E-state index contributed by atoms with van der Waals surface area (Å²) in [5, 5.41) is 8.59. The molecule has 1 aromatic rings. The molecule has 0 atom stereocenters. The van der Waals surface area contributed by atoms with E-state index in [9.17, 15) is 8.42 Å². The van der Waals surface area contributed by atoms with Gasteiger partial charge in [-0.2, -0.15) is 9.57 Å². The van der Waals surface area contributed by atoms with Crippen molar-refractivity contribution in [3.8, 4) is 6.07 Å². The number of rotatable bonds is 7. The summed E-state index contributed by atoms with van der Waals surface area (Å²) < 4.78 is 30.6. The maximum absolute atomic E-state index is 12.2. The third kappa shape index (κ3) is 3.53. The molecule has 0 aliphatic carbocycles. The number of nitrogens with one attached hydrogen (secondary N) is 1. The highest BCUT2D eigenvalue weighted by Gasteiger charge is 2.25. The van der Waals surface area contributed by atoms with Gasteiger partial charge in [-0.15, -0.1) is 0 Å². The minimum Gasteiger partial charge on any atom is -0.383 e. The molecule has 0 amide bonds. The van der Waals surface area contributed by atoms with Crippen LogP contribution in [0.4, 0.5) is 0 Å². The minimum atomic E-state index is -3.64. The lowest BCUT2D eigenvalue weighted by Gasteiger charge is -2.19. The van der Waals surface area contributed by atoms with E-state index in [0.717, 1.165) is 0 Å². The van der Waals surface area contributed by atoms with Crippen LogP contribution in [0.15, 0.2) is 11.2 Å². The molecule has 7 nitrogen and oxygen atoms in total. The Balaban J connectivity index is 2.92. The summed E-state index contributed by atoms with van der Waals surface area (Å²) in [7, 11) is -2.15. The number of methoxy groups -OCH3 is 1. The first-order chi connectivity index (χ1) is 8.52. The first kappa shape index (κ1) is 14.6. The van der Waals surface area contributed by atoms with Crippen molar-refractivity contribution in [1.29, 1.82) is 5.26 Å². The lowest BCUT2D eigenvalue weighted by molar-refractivity contribution is 0.179. The Morgan fingerprint density at radius 2 is 2.28 bits per heavy atom. The van der Waals surface area contributed by atoms with Crippen LogP contribution in [0.5, 0.6) is 0 Å². The fraction of sp³-hybridized carbons (Fsp3) is 0.600. The first-order valence-corrected chi connectivity index (χ1v) is 6.84. The van der Waals surface area contributed by atoms with E-state index in [1.807, 2.05) is 6.07 Å². The van der Waals surface area contributed by atoms with Gasteiger partial charge in [-0.3, -0.25) is 0 Å². The fourth-order valence-electron chi connectivity index (χ4n) is 1.39. The topological polar surface area (TPSA) is 99.1 Å². The number of imidazole rings is 1. The number of aromatic amines is 1. The summed E-state index contributed by atoms with van der Waals surface area (Å²) in [5.41, 5.74) is 0. The van der Waals surface area contributed by atoms with Gasteiger partial charge < -0.3 is 9.72 Å². The van der Waals surface area contributed by atoms with Gasteiger partial charge >= 0.3 is 0 Å². The van der Waals surface area contributed by atoms with E-state index in [0.29, 0.717) is 5.82 Å². The molecule has 0 saturated carbocycles. The molecule has 0 bridgehead atoms. The van der Waals surface area contributed by atoms with Crippen molar-refractivity contribution in [3.05, 3.63) is 12.0 Å². The third-order valence-corrected chi connectivity index (χ3v) is 4.12. The van der Waals surface area contributed by atoms with Crippen molar-refractivity contribution < 1.29 is 13.2 Å². The molecule has 18 heavy (non-hydrogen) atoms. The lowest BCUT2D eigenvalue weighted by Crippen LogP contribution is -2.35. The molecular formula is C10H16N4O3S. The summed E-state index contributed by atoms with van der Waals surface area (Å²) >= 11 is 0. The van der Waals surface area contributed by atoms with Crippen molar-refractivity contribution in [3.63, 3.8) is 0 Å². The van der Waals surface area contributed by atoms with Crippen LogP contribution in [-0.2, 0) is 14.8 Å². The normalized spacial score (nSPS) is 11.7. The molecule has 100 valence electrons. The van der Waals surface area contributed by atoms with E-state index >= 15 is 0 Å². The number of ether oxygens (including phenoxy) is 1. The zero-order valence-electron chi connectivity index (χ0n) is 10.4. The van der Waals surface area contributed by atoms with Gasteiger partial charge in [-0.25, -0.2) is 13.4 Å². The second-order valence-corrected chi connectivity index (χ2v) is 5.54. The van der Waals surface area contributed by atoms with Crippen LogP contribution in [-0.4, -0.2) is 49.5 Å². The predicted molar refractivity (Wildman–Crippen MR) is 64.2 cm³/mol.